The van der Waals surface area contributed by atoms with Gasteiger partial charge in [-0.2, -0.15) is 0 Å². The molecule has 1 aliphatic heterocycles. The summed E-state index contributed by atoms with van der Waals surface area (Å²) in [6, 6.07) is 9.85. The lowest BCUT2D eigenvalue weighted by molar-refractivity contribution is -0.136. The number of carboxylic acid groups (broad SMARTS) is 1. The molecule has 6 nitrogen and oxygen atoms in total. The summed E-state index contributed by atoms with van der Waals surface area (Å²) in [5.74, 6) is 0.787. The van der Waals surface area contributed by atoms with Gasteiger partial charge >= 0.3 is 5.97 Å². The lowest BCUT2D eigenvalue weighted by atomic mass is 10.0. The molecular weight excluding hydrogens is 300 g/mol. The molecule has 2 aromatic carbocycles. The number of furan rings is 1. The Labute approximate surface area is 130 Å². The maximum absolute atomic E-state index is 11.2. The number of fused-ring (bicyclic) bond motifs is 2. The number of benzene rings is 2. The summed E-state index contributed by atoms with van der Waals surface area (Å²) in [5, 5.41) is 19.3. The van der Waals surface area contributed by atoms with Gasteiger partial charge in [-0.25, -0.2) is 0 Å². The number of phenolic OH excluding ortho intramolecular Hbond substituents is 1. The topological polar surface area (TPSA) is 89.1 Å². The van der Waals surface area contributed by atoms with Gasteiger partial charge in [-0.15, -0.1) is 0 Å². The maximum Gasteiger partial charge on any atom is 0.307 e. The van der Waals surface area contributed by atoms with Gasteiger partial charge in [0.15, 0.2) is 11.5 Å². The fraction of sp³-hybridized carbons (Fsp3) is 0.118. The number of carboxylic acids is 1. The van der Waals surface area contributed by atoms with Crippen LogP contribution in [0.15, 0.2) is 40.8 Å². The van der Waals surface area contributed by atoms with E-state index in [1.807, 2.05) is 0 Å². The van der Waals surface area contributed by atoms with Crippen LogP contribution in [0.25, 0.3) is 22.3 Å². The molecule has 0 saturated heterocycles. The van der Waals surface area contributed by atoms with Gasteiger partial charge in [0.1, 0.15) is 17.1 Å². The van der Waals surface area contributed by atoms with E-state index in [1.165, 1.54) is 12.1 Å². The summed E-state index contributed by atoms with van der Waals surface area (Å²) >= 11 is 0. The highest BCUT2D eigenvalue weighted by Crippen LogP contribution is 2.42. The standard InChI is InChI=1S/C17H12O6/c18-10-3-1-9(2-4-10)17-12(6-16(19)20)11-5-14-15(22-8-21-14)7-13(11)23-17/h1-5,7,18H,6,8H2,(H,19,20). The van der Waals surface area contributed by atoms with Crippen LogP contribution in [0.3, 0.4) is 0 Å². The second kappa shape index (κ2) is 4.95. The second-order valence-electron chi connectivity index (χ2n) is 5.23. The zero-order valence-corrected chi connectivity index (χ0v) is 11.9. The molecule has 6 heteroatoms. The van der Waals surface area contributed by atoms with Gasteiger partial charge in [0, 0.05) is 22.6 Å². The van der Waals surface area contributed by atoms with Crippen LogP contribution < -0.4 is 9.47 Å². The third-order valence-electron chi connectivity index (χ3n) is 3.74. The number of aliphatic carboxylic acids is 1. The van der Waals surface area contributed by atoms with Crippen LogP contribution in [0.4, 0.5) is 0 Å². The third-order valence-corrected chi connectivity index (χ3v) is 3.74. The van der Waals surface area contributed by atoms with Gasteiger partial charge in [-0.3, -0.25) is 4.79 Å². The molecule has 0 unspecified atom stereocenters. The Hall–Kier alpha value is -3.15. The number of hydrogen-bond acceptors (Lipinski definition) is 5. The van der Waals surface area contributed by atoms with E-state index in [0.29, 0.717) is 39.4 Å². The highest BCUT2D eigenvalue weighted by Gasteiger charge is 2.23. The van der Waals surface area contributed by atoms with Gasteiger partial charge < -0.3 is 24.1 Å². The van der Waals surface area contributed by atoms with E-state index in [0.717, 1.165) is 0 Å². The molecule has 3 aromatic rings. The second-order valence-corrected chi connectivity index (χ2v) is 5.23. The van der Waals surface area contributed by atoms with Crippen molar-refractivity contribution < 1.29 is 28.9 Å². The van der Waals surface area contributed by atoms with E-state index in [9.17, 15) is 15.0 Å². The minimum atomic E-state index is -0.953. The SMILES string of the molecule is O=C(O)Cc1c(-c2ccc(O)cc2)oc2cc3c(cc12)OCO3. The van der Waals surface area contributed by atoms with Gasteiger partial charge in [0.25, 0.3) is 0 Å². The Morgan fingerprint density at radius 1 is 1.09 bits per heavy atom. The lowest BCUT2D eigenvalue weighted by Crippen LogP contribution is -2.00. The molecule has 0 aliphatic carbocycles. The van der Waals surface area contributed by atoms with Crippen LogP contribution >= 0.6 is 0 Å². The lowest BCUT2D eigenvalue weighted by Gasteiger charge is -2.01. The molecule has 4 rings (SSSR count). The smallest absolute Gasteiger partial charge is 0.307 e. The maximum atomic E-state index is 11.2. The van der Waals surface area contributed by atoms with Crippen molar-refractivity contribution in [3.05, 3.63) is 42.0 Å². The van der Waals surface area contributed by atoms with E-state index < -0.39 is 5.97 Å². The van der Waals surface area contributed by atoms with Crippen LogP contribution in [0.1, 0.15) is 5.56 Å². The molecule has 0 radical (unpaired) electrons. The molecule has 0 bridgehead atoms. The number of aromatic hydroxyl groups is 1. The summed E-state index contributed by atoms with van der Waals surface area (Å²) in [4.78, 5) is 11.2. The van der Waals surface area contributed by atoms with Crippen LogP contribution in [0.5, 0.6) is 17.2 Å². The minimum absolute atomic E-state index is 0.130. The van der Waals surface area contributed by atoms with Crippen LogP contribution in [-0.2, 0) is 11.2 Å². The molecule has 0 fully saturated rings. The molecule has 2 N–H and O–H groups in total. The molecule has 23 heavy (non-hydrogen) atoms. The Morgan fingerprint density at radius 2 is 1.78 bits per heavy atom. The van der Waals surface area contributed by atoms with Gasteiger partial charge in [0.2, 0.25) is 6.79 Å². The number of phenols is 1. The van der Waals surface area contributed by atoms with Crippen molar-refractivity contribution in [2.75, 3.05) is 6.79 Å². The number of ether oxygens (including phenoxy) is 2. The predicted molar refractivity (Wildman–Crippen MR) is 80.8 cm³/mol. The van der Waals surface area contributed by atoms with Crippen molar-refractivity contribution in [3.8, 4) is 28.6 Å². The summed E-state index contributed by atoms with van der Waals surface area (Å²) in [6.07, 6.45) is -0.178. The number of rotatable bonds is 3. The fourth-order valence-corrected chi connectivity index (χ4v) is 2.71. The zero-order valence-electron chi connectivity index (χ0n) is 11.9. The third kappa shape index (κ3) is 2.24. The molecule has 116 valence electrons. The molecule has 0 atom stereocenters. The van der Waals surface area contributed by atoms with E-state index >= 15 is 0 Å². The number of hydrogen-bond donors (Lipinski definition) is 2. The van der Waals surface area contributed by atoms with Crippen molar-refractivity contribution in [2.45, 2.75) is 6.42 Å². The Morgan fingerprint density at radius 3 is 2.48 bits per heavy atom. The van der Waals surface area contributed by atoms with E-state index in [4.69, 9.17) is 13.9 Å². The van der Waals surface area contributed by atoms with E-state index in [-0.39, 0.29) is 19.0 Å². The summed E-state index contributed by atoms with van der Waals surface area (Å²) in [6.45, 7) is 0.140. The zero-order chi connectivity index (χ0) is 16.0. The van der Waals surface area contributed by atoms with Crippen LogP contribution in [0.2, 0.25) is 0 Å². The summed E-state index contributed by atoms with van der Waals surface area (Å²) in [7, 11) is 0. The Kier molecular flexibility index (Phi) is 2.90. The Bertz CT molecular complexity index is 907. The molecule has 0 amide bonds. The monoisotopic (exact) mass is 312 g/mol. The highest BCUT2D eigenvalue weighted by atomic mass is 16.7. The van der Waals surface area contributed by atoms with Crippen molar-refractivity contribution in [1.82, 2.24) is 0 Å². The molecule has 1 aromatic heterocycles. The Balaban J connectivity index is 1.95. The first-order valence-corrected chi connectivity index (χ1v) is 6.98. The molecular formula is C17H12O6. The van der Waals surface area contributed by atoms with Crippen molar-refractivity contribution >= 4 is 16.9 Å². The van der Waals surface area contributed by atoms with E-state index in [2.05, 4.69) is 0 Å². The quantitative estimate of drug-likeness (QED) is 0.772. The van der Waals surface area contributed by atoms with Crippen molar-refractivity contribution in [3.63, 3.8) is 0 Å². The summed E-state index contributed by atoms with van der Waals surface area (Å²) < 4.78 is 16.6. The van der Waals surface area contributed by atoms with Crippen LogP contribution in [0, 0.1) is 0 Å². The van der Waals surface area contributed by atoms with Crippen LogP contribution in [-0.4, -0.2) is 23.0 Å². The van der Waals surface area contributed by atoms with Gasteiger partial charge in [0.05, 0.1) is 6.42 Å². The molecule has 2 heterocycles. The first-order valence-electron chi connectivity index (χ1n) is 6.98. The average molecular weight is 312 g/mol. The van der Waals surface area contributed by atoms with Gasteiger partial charge in [-0.1, -0.05) is 0 Å². The predicted octanol–water partition coefficient (Wildman–Crippen LogP) is 3.16. The highest BCUT2D eigenvalue weighted by molar-refractivity contribution is 5.93. The molecule has 0 spiro atoms. The first-order chi connectivity index (χ1) is 11.1. The molecule has 0 saturated carbocycles. The number of carbonyl (C=O) groups is 1. The summed E-state index contributed by atoms with van der Waals surface area (Å²) in [5.41, 5.74) is 1.79. The average Bonchev–Trinajstić information content (AvgIpc) is 3.10. The largest absolute Gasteiger partial charge is 0.508 e. The minimum Gasteiger partial charge on any atom is -0.508 e. The van der Waals surface area contributed by atoms with Gasteiger partial charge in [-0.05, 0) is 30.3 Å². The fourth-order valence-electron chi connectivity index (χ4n) is 2.71. The first kappa shape index (κ1) is 13.5. The van der Waals surface area contributed by atoms with E-state index in [1.54, 1.807) is 24.3 Å². The van der Waals surface area contributed by atoms with Crippen molar-refractivity contribution in [1.29, 1.82) is 0 Å². The van der Waals surface area contributed by atoms with Crippen molar-refractivity contribution in [2.24, 2.45) is 0 Å². The normalized spacial score (nSPS) is 12.7. The molecule has 1 aliphatic rings.